The summed E-state index contributed by atoms with van der Waals surface area (Å²) in [5, 5.41) is 8.91. The second-order valence-corrected chi connectivity index (χ2v) is 10.4. The molecule has 7 nitrogen and oxygen atoms in total. The molecule has 2 aromatic carbocycles. The molecular weight excluding hydrogens is 443 g/mol. The van der Waals surface area contributed by atoms with Crippen molar-refractivity contribution in [2.45, 2.75) is 24.3 Å². The maximum atomic E-state index is 13.3. The molecule has 0 unspecified atom stereocenters. The number of carbonyl (C=O) groups is 1. The Morgan fingerprint density at radius 3 is 2.21 bits per heavy atom. The predicted octanol–water partition coefficient (Wildman–Crippen LogP) is 2.69. The first-order valence-electron chi connectivity index (χ1n) is 10.9. The molecule has 0 N–H and O–H groups in total. The quantitative estimate of drug-likeness (QED) is 0.590. The molecule has 1 aliphatic rings. The van der Waals surface area contributed by atoms with Crippen molar-refractivity contribution in [1.29, 1.82) is 5.26 Å². The number of rotatable bonds is 8. The Morgan fingerprint density at radius 2 is 1.67 bits per heavy atom. The van der Waals surface area contributed by atoms with E-state index in [4.69, 9.17) is 5.26 Å². The van der Waals surface area contributed by atoms with Gasteiger partial charge in [0.05, 0.1) is 16.5 Å². The van der Waals surface area contributed by atoms with Crippen LogP contribution in [-0.2, 0) is 21.4 Å². The zero-order chi connectivity index (χ0) is 24.0. The normalized spacial score (nSPS) is 15.4. The summed E-state index contributed by atoms with van der Waals surface area (Å²) in [6, 6.07) is 14.0. The van der Waals surface area contributed by atoms with Crippen LogP contribution in [0.2, 0.25) is 0 Å². The largest absolute Gasteiger partial charge is 0.337 e. The van der Waals surface area contributed by atoms with Gasteiger partial charge in [0.25, 0.3) is 0 Å². The number of amides is 1. The smallest absolute Gasteiger partial charge is 0.243 e. The number of hydrogen-bond acceptors (Lipinski definition) is 5. The van der Waals surface area contributed by atoms with Gasteiger partial charge in [0, 0.05) is 38.6 Å². The summed E-state index contributed by atoms with van der Waals surface area (Å²) in [7, 11) is 0.201. The zero-order valence-electron chi connectivity index (χ0n) is 18.9. The van der Waals surface area contributed by atoms with Crippen molar-refractivity contribution in [3.05, 3.63) is 65.5 Å². The van der Waals surface area contributed by atoms with Crippen LogP contribution in [0.1, 0.15) is 24.0 Å². The Balaban J connectivity index is 1.66. The molecule has 0 aromatic heterocycles. The zero-order valence-corrected chi connectivity index (χ0v) is 19.8. The fraction of sp³-hybridized carbons (Fsp3) is 0.417. The first-order valence-corrected chi connectivity index (χ1v) is 12.3. The van der Waals surface area contributed by atoms with Crippen LogP contribution in [-0.4, -0.2) is 68.7 Å². The van der Waals surface area contributed by atoms with Crippen LogP contribution in [0.4, 0.5) is 4.39 Å². The fourth-order valence-electron chi connectivity index (χ4n) is 3.85. The van der Waals surface area contributed by atoms with Crippen LogP contribution < -0.4 is 0 Å². The van der Waals surface area contributed by atoms with Crippen LogP contribution >= 0.6 is 0 Å². The van der Waals surface area contributed by atoms with Crippen molar-refractivity contribution >= 4 is 15.9 Å². The van der Waals surface area contributed by atoms with Gasteiger partial charge in [0.1, 0.15) is 5.82 Å². The van der Waals surface area contributed by atoms with Crippen molar-refractivity contribution in [3.8, 4) is 6.07 Å². The minimum Gasteiger partial charge on any atom is -0.337 e. The molecule has 1 saturated heterocycles. The molecule has 9 heteroatoms. The van der Waals surface area contributed by atoms with E-state index in [0.717, 1.165) is 5.56 Å². The van der Waals surface area contributed by atoms with Gasteiger partial charge in [-0.2, -0.15) is 9.57 Å². The van der Waals surface area contributed by atoms with Gasteiger partial charge in [-0.1, -0.05) is 12.1 Å². The second-order valence-electron chi connectivity index (χ2n) is 8.50. The highest BCUT2D eigenvalue weighted by atomic mass is 32.2. The summed E-state index contributed by atoms with van der Waals surface area (Å²) in [5.74, 6) is -0.586. The summed E-state index contributed by atoms with van der Waals surface area (Å²) >= 11 is 0. The Kier molecular flexibility index (Phi) is 8.19. The van der Waals surface area contributed by atoms with Crippen molar-refractivity contribution in [3.63, 3.8) is 0 Å². The van der Waals surface area contributed by atoms with Gasteiger partial charge in [-0.05, 0) is 68.9 Å². The van der Waals surface area contributed by atoms with Crippen molar-refractivity contribution in [2.24, 2.45) is 5.92 Å². The maximum absolute atomic E-state index is 13.3. The lowest BCUT2D eigenvalue weighted by atomic mass is 9.96. The van der Waals surface area contributed by atoms with Crippen LogP contribution in [0.25, 0.3) is 0 Å². The summed E-state index contributed by atoms with van der Waals surface area (Å²) in [6.45, 7) is 2.14. The van der Waals surface area contributed by atoms with Gasteiger partial charge in [-0.25, -0.2) is 12.8 Å². The van der Waals surface area contributed by atoms with E-state index in [9.17, 15) is 17.6 Å². The Hall–Kier alpha value is -2.80. The first kappa shape index (κ1) is 24.8. The second kappa shape index (κ2) is 10.9. The molecule has 0 bridgehead atoms. The van der Waals surface area contributed by atoms with Crippen molar-refractivity contribution in [1.82, 2.24) is 14.1 Å². The minimum atomic E-state index is -3.67. The highest BCUT2D eigenvalue weighted by Gasteiger charge is 2.33. The van der Waals surface area contributed by atoms with E-state index in [1.807, 2.05) is 25.1 Å². The number of sulfonamides is 1. The average molecular weight is 473 g/mol. The van der Waals surface area contributed by atoms with Gasteiger partial charge in [0.2, 0.25) is 15.9 Å². The standard InChI is InChI=1S/C24H29FN4O3S/c1-27(2)15-16-28(18-20-3-7-22(25)8-4-20)24(30)21-11-13-29(14-12-21)33(31,32)23-9-5-19(17-26)6-10-23/h3-10,21H,11-16,18H2,1-2H3. The van der Waals surface area contributed by atoms with E-state index < -0.39 is 10.0 Å². The third kappa shape index (κ3) is 6.38. The van der Waals surface area contributed by atoms with Crippen LogP contribution in [0.3, 0.4) is 0 Å². The summed E-state index contributed by atoms with van der Waals surface area (Å²) < 4.78 is 40.6. The number of hydrogen-bond donors (Lipinski definition) is 0. The molecule has 2 aromatic rings. The summed E-state index contributed by atoms with van der Waals surface area (Å²) in [6.07, 6.45) is 0.881. The van der Waals surface area contributed by atoms with Crippen molar-refractivity contribution < 1.29 is 17.6 Å². The van der Waals surface area contributed by atoms with Gasteiger partial charge < -0.3 is 9.80 Å². The highest BCUT2D eigenvalue weighted by Crippen LogP contribution is 2.26. The Labute approximate surface area is 195 Å². The third-order valence-corrected chi connectivity index (χ3v) is 7.75. The van der Waals surface area contributed by atoms with E-state index in [2.05, 4.69) is 0 Å². The lowest BCUT2D eigenvalue weighted by Crippen LogP contribution is -2.45. The highest BCUT2D eigenvalue weighted by molar-refractivity contribution is 7.89. The summed E-state index contributed by atoms with van der Waals surface area (Å²) in [5.41, 5.74) is 1.25. The molecule has 0 aliphatic carbocycles. The monoisotopic (exact) mass is 472 g/mol. The molecule has 176 valence electrons. The Bertz CT molecular complexity index is 1090. The number of nitriles is 1. The van der Waals surface area contributed by atoms with Gasteiger partial charge >= 0.3 is 0 Å². The van der Waals surface area contributed by atoms with Crippen LogP contribution in [0.5, 0.6) is 0 Å². The number of carbonyl (C=O) groups excluding carboxylic acids is 1. The molecule has 1 aliphatic heterocycles. The van der Waals surface area contributed by atoms with E-state index in [1.165, 1.54) is 40.7 Å². The van der Waals surface area contributed by atoms with Crippen molar-refractivity contribution in [2.75, 3.05) is 40.3 Å². The van der Waals surface area contributed by atoms with E-state index in [0.29, 0.717) is 38.0 Å². The molecule has 3 rings (SSSR count). The lowest BCUT2D eigenvalue weighted by molar-refractivity contribution is -0.137. The molecular formula is C24H29FN4O3S. The number of likely N-dealkylation sites (N-methyl/N-ethyl adjacent to an activating group) is 1. The number of benzene rings is 2. The van der Waals surface area contributed by atoms with Crippen LogP contribution in [0, 0.1) is 23.1 Å². The maximum Gasteiger partial charge on any atom is 0.243 e. The molecule has 0 saturated carbocycles. The molecule has 0 atom stereocenters. The van der Waals surface area contributed by atoms with E-state index in [1.54, 1.807) is 17.0 Å². The number of nitrogens with zero attached hydrogens (tertiary/aromatic N) is 4. The molecule has 0 radical (unpaired) electrons. The molecule has 0 spiro atoms. The van der Waals surface area contributed by atoms with Crippen LogP contribution in [0.15, 0.2) is 53.4 Å². The number of halogens is 1. The molecule has 1 fully saturated rings. The molecule has 33 heavy (non-hydrogen) atoms. The minimum absolute atomic E-state index is 0.00315. The first-order chi connectivity index (χ1) is 15.7. The SMILES string of the molecule is CN(C)CCN(Cc1ccc(F)cc1)C(=O)C1CCN(S(=O)(=O)c2ccc(C#N)cc2)CC1. The molecule has 1 amide bonds. The predicted molar refractivity (Wildman–Crippen MR) is 123 cm³/mol. The third-order valence-electron chi connectivity index (χ3n) is 5.84. The van der Waals surface area contributed by atoms with E-state index in [-0.39, 0.29) is 35.6 Å². The fourth-order valence-corrected chi connectivity index (χ4v) is 5.32. The number of piperidine rings is 1. The van der Waals surface area contributed by atoms with E-state index >= 15 is 0 Å². The van der Waals surface area contributed by atoms with Gasteiger partial charge in [0.15, 0.2) is 0 Å². The summed E-state index contributed by atoms with van der Waals surface area (Å²) in [4.78, 5) is 17.2. The lowest BCUT2D eigenvalue weighted by Gasteiger charge is -2.34. The van der Waals surface area contributed by atoms with Gasteiger partial charge in [-0.3, -0.25) is 4.79 Å². The Morgan fingerprint density at radius 1 is 1.06 bits per heavy atom. The molecule has 1 heterocycles. The average Bonchev–Trinajstić information content (AvgIpc) is 2.82. The topological polar surface area (TPSA) is 84.7 Å². The van der Waals surface area contributed by atoms with Gasteiger partial charge in [-0.15, -0.1) is 0 Å².